The molecular formula is C24H33IN6O2. The number of aliphatic imine (C=N–C) groups is 1. The number of carbonyl (C=O) groups is 1. The van der Waals surface area contributed by atoms with Crippen LogP contribution in [0.4, 0.5) is 10.5 Å². The molecule has 0 spiro atoms. The fourth-order valence-electron chi connectivity index (χ4n) is 3.14. The van der Waals surface area contributed by atoms with Gasteiger partial charge in [-0.1, -0.05) is 18.2 Å². The number of pyridine rings is 1. The average molecular weight is 564 g/mol. The van der Waals surface area contributed by atoms with Gasteiger partial charge in [0, 0.05) is 44.6 Å². The molecule has 2 heterocycles. The Labute approximate surface area is 212 Å². The van der Waals surface area contributed by atoms with Gasteiger partial charge < -0.3 is 19.8 Å². The largest absolute Gasteiger partial charge is 0.444 e. The smallest absolute Gasteiger partial charge is 0.412 e. The fraction of sp³-hybridized carbons (Fsp3) is 0.375. The summed E-state index contributed by atoms with van der Waals surface area (Å²) < 4.78 is 7.29. The van der Waals surface area contributed by atoms with Crippen LogP contribution in [0.2, 0.25) is 0 Å². The van der Waals surface area contributed by atoms with E-state index in [2.05, 4.69) is 32.1 Å². The van der Waals surface area contributed by atoms with E-state index < -0.39 is 11.7 Å². The van der Waals surface area contributed by atoms with Crippen LogP contribution in [-0.2, 0) is 17.6 Å². The SMILES string of the molecule is CN=C(NCCc1ccc(NC(=O)OC(C)(C)C)cc1)NCCc1cn2ccccc2n1.I. The van der Waals surface area contributed by atoms with E-state index in [4.69, 9.17) is 4.74 Å². The minimum absolute atomic E-state index is 0. The Balaban J connectivity index is 0.00000385. The molecule has 0 bridgehead atoms. The van der Waals surface area contributed by atoms with Crippen molar-refractivity contribution < 1.29 is 9.53 Å². The first kappa shape index (κ1) is 26.4. The van der Waals surface area contributed by atoms with Crippen molar-refractivity contribution in [2.75, 3.05) is 25.5 Å². The lowest BCUT2D eigenvalue weighted by Crippen LogP contribution is -2.39. The Morgan fingerprint density at radius 1 is 1.06 bits per heavy atom. The van der Waals surface area contributed by atoms with Crippen LogP contribution < -0.4 is 16.0 Å². The van der Waals surface area contributed by atoms with E-state index in [0.717, 1.165) is 48.8 Å². The van der Waals surface area contributed by atoms with Crippen LogP contribution in [0.15, 0.2) is 59.9 Å². The fourth-order valence-corrected chi connectivity index (χ4v) is 3.14. The van der Waals surface area contributed by atoms with E-state index in [0.29, 0.717) is 5.69 Å². The first-order valence-electron chi connectivity index (χ1n) is 10.8. The predicted octanol–water partition coefficient (Wildman–Crippen LogP) is 4.25. The number of imidazole rings is 1. The predicted molar refractivity (Wildman–Crippen MR) is 144 cm³/mol. The van der Waals surface area contributed by atoms with E-state index in [1.807, 2.05) is 73.8 Å². The number of carbonyl (C=O) groups excluding carboxylic acids is 1. The van der Waals surface area contributed by atoms with Crippen LogP contribution in [0, 0.1) is 0 Å². The third-order valence-electron chi connectivity index (χ3n) is 4.62. The van der Waals surface area contributed by atoms with Gasteiger partial charge in [-0.25, -0.2) is 9.78 Å². The highest BCUT2D eigenvalue weighted by molar-refractivity contribution is 14.0. The van der Waals surface area contributed by atoms with Gasteiger partial charge in [0.15, 0.2) is 5.96 Å². The van der Waals surface area contributed by atoms with Gasteiger partial charge in [0.1, 0.15) is 11.2 Å². The van der Waals surface area contributed by atoms with Gasteiger partial charge >= 0.3 is 6.09 Å². The number of amides is 1. The van der Waals surface area contributed by atoms with Crippen molar-refractivity contribution >= 4 is 47.4 Å². The quantitative estimate of drug-likeness (QED) is 0.227. The molecule has 0 saturated heterocycles. The summed E-state index contributed by atoms with van der Waals surface area (Å²) in [7, 11) is 1.76. The van der Waals surface area contributed by atoms with Crippen molar-refractivity contribution in [2.45, 2.75) is 39.2 Å². The van der Waals surface area contributed by atoms with Crippen LogP contribution in [0.5, 0.6) is 0 Å². The van der Waals surface area contributed by atoms with Gasteiger partial charge in [-0.05, 0) is 57.0 Å². The van der Waals surface area contributed by atoms with E-state index in [9.17, 15) is 4.79 Å². The normalized spacial score (nSPS) is 11.6. The summed E-state index contributed by atoms with van der Waals surface area (Å²) in [6, 6.07) is 13.7. The first-order chi connectivity index (χ1) is 15.3. The van der Waals surface area contributed by atoms with Crippen molar-refractivity contribution in [3.8, 4) is 0 Å². The van der Waals surface area contributed by atoms with E-state index >= 15 is 0 Å². The minimum Gasteiger partial charge on any atom is -0.444 e. The molecule has 3 N–H and O–H groups in total. The molecule has 3 aromatic rings. The molecule has 2 aromatic heterocycles. The number of aromatic nitrogens is 2. The van der Waals surface area contributed by atoms with Crippen LogP contribution in [0.25, 0.3) is 5.65 Å². The van der Waals surface area contributed by atoms with Crippen molar-refractivity contribution in [1.82, 2.24) is 20.0 Å². The Kier molecular flexibility index (Phi) is 9.95. The average Bonchev–Trinajstić information content (AvgIpc) is 3.15. The summed E-state index contributed by atoms with van der Waals surface area (Å²) in [6.07, 6.45) is 5.24. The highest BCUT2D eigenvalue weighted by Crippen LogP contribution is 2.13. The zero-order valence-electron chi connectivity index (χ0n) is 19.6. The van der Waals surface area contributed by atoms with Gasteiger partial charge in [-0.2, -0.15) is 0 Å². The summed E-state index contributed by atoms with van der Waals surface area (Å²) in [6.45, 7) is 7.00. The number of halogens is 1. The van der Waals surface area contributed by atoms with Gasteiger partial charge in [0.25, 0.3) is 0 Å². The second-order valence-electron chi connectivity index (χ2n) is 8.45. The van der Waals surface area contributed by atoms with Crippen LogP contribution >= 0.6 is 24.0 Å². The van der Waals surface area contributed by atoms with E-state index in [1.54, 1.807) is 7.05 Å². The summed E-state index contributed by atoms with van der Waals surface area (Å²) in [5.74, 6) is 0.761. The lowest BCUT2D eigenvalue weighted by molar-refractivity contribution is 0.0636. The van der Waals surface area contributed by atoms with Crippen molar-refractivity contribution in [3.63, 3.8) is 0 Å². The molecule has 0 aliphatic heterocycles. The van der Waals surface area contributed by atoms with Gasteiger partial charge in [0.2, 0.25) is 0 Å². The first-order valence-corrected chi connectivity index (χ1v) is 10.8. The van der Waals surface area contributed by atoms with Gasteiger partial charge in [-0.15, -0.1) is 24.0 Å². The number of nitrogens with one attached hydrogen (secondary N) is 3. The molecule has 0 saturated carbocycles. The summed E-state index contributed by atoms with van der Waals surface area (Å²) in [5, 5.41) is 9.39. The zero-order valence-corrected chi connectivity index (χ0v) is 21.9. The molecule has 0 radical (unpaired) electrons. The maximum absolute atomic E-state index is 11.8. The van der Waals surface area contributed by atoms with Gasteiger partial charge in [-0.3, -0.25) is 10.3 Å². The monoisotopic (exact) mass is 564 g/mol. The van der Waals surface area contributed by atoms with Crippen LogP contribution in [0.1, 0.15) is 32.0 Å². The number of hydrogen-bond acceptors (Lipinski definition) is 4. The lowest BCUT2D eigenvalue weighted by Gasteiger charge is -2.19. The molecule has 0 aliphatic carbocycles. The Morgan fingerprint density at radius 3 is 2.39 bits per heavy atom. The van der Waals surface area contributed by atoms with Gasteiger partial charge in [0.05, 0.1) is 5.69 Å². The topological polar surface area (TPSA) is 92.0 Å². The second kappa shape index (κ2) is 12.4. The molecule has 8 nitrogen and oxygen atoms in total. The number of anilines is 1. The van der Waals surface area contributed by atoms with Crippen molar-refractivity contribution in [3.05, 3.63) is 66.1 Å². The Bertz CT molecular complexity index is 1020. The lowest BCUT2D eigenvalue weighted by atomic mass is 10.1. The number of rotatable bonds is 7. The minimum atomic E-state index is -0.519. The highest BCUT2D eigenvalue weighted by atomic mass is 127. The second-order valence-corrected chi connectivity index (χ2v) is 8.45. The molecule has 3 rings (SSSR count). The molecule has 0 fully saturated rings. The van der Waals surface area contributed by atoms with Crippen molar-refractivity contribution in [1.29, 1.82) is 0 Å². The molecule has 1 amide bonds. The molecule has 1 aromatic carbocycles. The summed E-state index contributed by atoms with van der Waals surface area (Å²) in [4.78, 5) is 20.7. The zero-order chi connectivity index (χ0) is 23.0. The summed E-state index contributed by atoms with van der Waals surface area (Å²) >= 11 is 0. The van der Waals surface area contributed by atoms with Crippen LogP contribution in [-0.4, -0.2) is 47.2 Å². The van der Waals surface area contributed by atoms with Crippen molar-refractivity contribution in [2.24, 2.45) is 4.99 Å². The van der Waals surface area contributed by atoms with E-state index in [-0.39, 0.29) is 24.0 Å². The molecular weight excluding hydrogens is 531 g/mol. The maximum Gasteiger partial charge on any atom is 0.412 e. The number of guanidine groups is 1. The molecule has 178 valence electrons. The third kappa shape index (κ3) is 8.91. The maximum atomic E-state index is 11.8. The molecule has 0 unspecified atom stereocenters. The molecule has 33 heavy (non-hydrogen) atoms. The van der Waals surface area contributed by atoms with Crippen LogP contribution in [0.3, 0.4) is 0 Å². The number of nitrogens with zero attached hydrogens (tertiary/aromatic N) is 3. The number of benzene rings is 1. The standard InChI is InChI=1S/C24H32N6O2.HI/c1-24(2,3)32-23(31)29-19-10-8-18(9-11-19)12-14-26-22(25-4)27-15-13-20-17-30-16-6-5-7-21(30)28-20;/h5-11,16-17H,12-15H2,1-4H3,(H,29,31)(H2,25,26,27);1H. The molecule has 0 atom stereocenters. The number of fused-ring (bicyclic) bond motifs is 1. The number of ether oxygens (including phenoxy) is 1. The number of hydrogen-bond donors (Lipinski definition) is 3. The summed E-state index contributed by atoms with van der Waals surface area (Å²) in [5.41, 5.74) is 3.35. The molecule has 0 aliphatic rings. The van der Waals surface area contributed by atoms with E-state index in [1.165, 1.54) is 0 Å². The Hall–Kier alpha value is -2.82. The third-order valence-corrected chi connectivity index (χ3v) is 4.62. The molecule has 9 heteroatoms. The highest BCUT2D eigenvalue weighted by Gasteiger charge is 2.16. The Morgan fingerprint density at radius 2 is 1.76 bits per heavy atom.